The van der Waals surface area contributed by atoms with Crippen molar-refractivity contribution in [3.63, 3.8) is 0 Å². The molecule has 2 aromatic heterocycles. The Morgan fingerprint density at radius 2 is 2.10 bits per heavy atom. The molecule has 0 saturated carbocycles. The number of nitrogens with zero attached hydrogens (tertiary/aromatic N) is 3. The van der Waals surface area contributed by atoms with E-state index >= 15 is 0 Å². The monoisotopic (exact) mass is 332 g/mol. The second-order valence-electron chi connectivity index (χ2n) is 4.95. The van der Waals surface area contributed by atoms with Crippen molar-refractivity contribution >= 4 is 32.5 Å². The van der Waals surface area contributed by atoms with Crippen LogP contribution in [0.5, 0.6) is 0 Å². The highest BCUT2D eigenvalue weighted by atomic mass is 79.9. The lowest BCUT2D eigenvalue weighted by Crippen LogP contribution is -2.05. The molecule has 0 fully saturated rings. The number of halogens is 1. The van der Waals surface area contributed by atoms with Crippen molar-refractivity contribution in [1.82, 2.24) is 14.3 Å². The predicted octanol–water partition coefficient (Wildman–Crippen LogP) is 3.33. The SMILES string of the molecule is CCc1nn(C)c(Cn2ccc3ccc(N)cc32)c1Br. The van der Waals surface area contributed by atoms with Gasteiger partial charge in [0.05, 0.1) is 27.9 Å². The molecular weight excluding hydrogens is 316 g/mol. The molecule has 0 atom stereocenters. The van der Waals surface area contributed by atoms with Crippen LogP contribution in [0.25, 0.3) is 10.9 Å². The summed E-state index contributed by atoms with van der Waals surface area (Å²) in [5.41, 5.74) is 10.1. The molecule has 0 radical (unpaired) electrons. The molecule has 3 rings (SSSR count). The van der Waals surface area contributed by atoms with Crippen molar-refractivity contribution in [1.29, 1.82) is 0 Å². The molecule has 5 heteroatoms. The average molecular weight is 333 g/mol. The van der Waals surface area contributed by atoms with Crippen LogP contribution < -0.4 is 5.73 Å². The molecule has 0 unspecified atom stereocenters. The summed E-state index contributed by atoms with van der Waals surface area (Å²) < 4.78 is 5.25. The van der Waals surface area contributed by atoms with Gasteiger partial charge in [-0.1, -0.05) is 13.0 Å². The Morgan fingerprint density at radius 1 is 1.30 bits per heavy atom. The van der Waals surface area contributed by atoms with E-state index in [0.29, 0.717) is 0 Å². The van der Waals surface area contributed by atoms with Gasteiger partial charge in [-0.25, -0.2) is 0 Å². The maximum absolute atomic E-state index is 5.89. The molecule has 0 aliphatic rings. The van der Waals surface area contributed by atoms with Gasteiger partial charge in [0.1, 0.15) is 0 Å². The fourth-order valence-corrected chi connectivity index (χ4v) is 3.23. The highest BCUT2D eigenvalue weighted by Gasteiger charge is 2.13. The van der Waals surface area contributed by atoms with E-state index in [4.69, 9.17) is 5.73 Å². The van der Waals surface area contributed by atoms with Crippen molar-refractivity contribution in [3.05, 3.63) is 46.3 Å². The number of aromatic nitrogens is 3. The molecule has 0 saturated heterocycles. The number of hydrogen-bond acceptors (Lipinski definition) is 2. The Hall–Kier alpha value is -1.75. The van der Waals surface area contributed by atoms with Crippen molar-refractivity contribution in [2.24, 2.45) is 7.05 Å². The first-order chi connectivity index (χ1) is 9.60. The number of rotatable bonds is 3. The molecule has 0 amide bonds. The minimum atomic E-state index is 0.775. The number of benzene rings is 1. The first-order valence-corrected chi connectivity index (χ1v) is 7.44. The summed E-state index contributed by atoms with van der Waals surface area (Å²) in [6.45, 7) is 2.89. The molecular formula is C15H17BrN4. The highest BCUT2D eigenvalue weighted by molar-refractivity contribution is 9.10. The summed E-state index contributed by atoms with van der Waals surface area (Å²) in [5, 5.41) is 5.74. The van der Waals surface area contributed by atoms with Gasteiger partial charge in [-0.15, -0.1) is 0 Å². The lowest BCUT2D eigenvalue weighted by Gasteiger charge is -2.07. The zero-order valence-corrected chi connectivity index (χ0v) is 13.2. The zero-order chi connectivity index (χ0) is 14.3. The van der Waals surface area contributed by atoms with Crippen LogP contribution in [0.15, 0.2) is 34.9 Å². The smallest absolute Gasteiger partial charge is 0.0767 e. The quantitative estimate of drug-likeness (QED) is 0.748. The van der Waals surface area contributed by atoms with Gasteiger partial charge in [0.25, 0.3) is 0 Å². The van der Waals surface area contributed by atoms with Crippen LogP contribution in [0.4, 0.5) is 5.69 Å². The zero-order valence-electron chi connectivity index (χ0n) is 11.6. The molecule has 0 aliphatic heterocycles. The summed E-state index contributed by atoms with van der Waals surface area (Å²) in [4.78, 5) is 0. The lowest BCUT2D eigenvalue weighted by atomic mass is 10.2. The van der Waals surface area contributed by atoms with Gasteiger partial charge in [-0.3, -0.25) is 4.68 Å². The van der Waals surface area contributed by atoms with E-state index in [9.17, 15) is 0 Å². The Bertz CT molecular complexity index is 770. The molecule has 0 spiro atoms. The largest absolute Gasteiger partial charge is 0.399 e. The number of fused-ring (bicyclic) bond motifs is 1. The molecule has 4 nitrogen and oxygen atoms in total. The van der Waals surface area contributed by atoms with Crippen LogP contribution in [0.3, 0.4) is 0 Å². The Labute approximate surface area is 126 Å². The molecule has 2 heterocycles. The molecule has 104 valence electrons. The maximum Gasteiger partial charge on any atom is 0.0767 e. The van der Waals surface area contributed by atoms with E-state index in [-0.39, 0.29) is 0 Å². The Kier molecular flexibility index (Phi) is 3.30. The summed E-state index contributed by atoms with van der Waals surface area (Å²) in [5.74, 6) is 0. The van der Waals surface area contributed by atoms with Gasteiger partial charge in [0, 0.05) is 18.9 Å². The van der Waals surface area contributed by atoms with E-state index in [1.807, 2.05) is 23.9 Å². The summed E-state index contributed by atoms with van der Waals surface area (Å²) in [6.07, 6.45) is 3.02. The molecule has 0 aliphatic carbocycles. The molecule has 0 bridgehead atoms. The van der Waals surface area contributed by atoms with Crippen LogP contribution in [0.2, 0.25) is 0 Å². The van der Waals surface area contributed by atoms with Gasteiger partial charge in [-0.05, 0) is 45.9 Å². The Morgan fingerprint density at radius 3 is 2.80 bits per heavy atom. The standard InChI is InChI=1S/C15H17BrN4/c1-3-12-15(16)14(19(2)18-12)9-20-7-6-10-4-5-11(17)8-13(10)20/h4-8H,3,9,17H2,1-2H3. The minimum absolute atomic E-state index is 0.775. The average Bonchev–Trinajstić information content (AvgIpc) is 2.94. The van der Waals surface area contributed by atoms with E-state index in [0.717, 1.165) is 34.3 Å². The number of nitrogen functional groups attached to an aromatic ring is 1. The number of anilines is 1. The third-order valence-corrected chi connectivity index (χ3v) is 4.54. The fraction of sp³-hybridized carbons (Fsp3) is 0.267. The first-order valence-electron chi connectivity index (χ1n) is 6.64. The molecule has 20 heavy (non-hydrogen) atoms. The predicted molar refractivity (Wildman–Crippen MR) is 85.7 cm³/mol. The lowest BCUT2D eigenvalue weighted by molar-refractivity contribution is 0.668. The van der Waals surface area contributed by atoms with Gasteiger partial charge < -0.3 is 10.3 Å². The van der Waals surface area contributed by atoms with Gasteiger partial charge >= 0.3 is 0 Å². The van der Waals surface area contributed by atoms with Crippen molar-refractivity contribution in [3.8, 4) is 0 Å². The van der Waals surface area contributed by atoms with E-state index in [1.165, 1.54) is 11.1 Å². The van der Waals surface area contributed by atoms with Crippen LogP contribution >= 0.6 is 15.9 Å². The van der Waals surface area contributed by atoms with Gasteiger partial charge in [-0.2, -0.15) is 5.10 Å². The van der Waals surface area contributed by atoms with E-state index in [1.54, 1.807) is 0 Å². The second-order valence-corrected chi connectivity index (χ2v) is 5.74. The van der Waals surface area contributed by atoms with Crippen molar-refractivity contribution in [2.75, 3.05) is 5.73 Å². The topological polar surface area (TPSA) is 48.8 Å². The van der Waals surface area contributed by atoms with Crippen molar-refractivity contribution in [2.45, 2.75) is 19.9 Å². The van der Waals surface area contributed by atoms with E-state index in [2.05, 4.69) is 50.8 Å². The van der Waals surface area contributed by atoms with Gasteiger partial charge in [0.15, 0.2) is 0 Å². The summed E-state index contributed by atoms with van der Waals surface area (Å²) in [7, 11) is 1.99. The van der Waals surface area contributed by atoms with Crippen LogP contribution in [0.1, 0.15) is 18.3 Å². The number of hydrogen-bond donors (Lipinski definition) is 1. The van der Waals surface area contributed by atoms with Crippen molar-refractivity contribution < 1.29 is 0 Å². The van der Waals surface area contributed by atoms with E-state index < -0.39 is 0 Å². The maximum atomic E-state index is 5.89. The Balaban J connectivity index is 2.05. The van der Waals surface area contributed by atoms with Gasteiger partial charge in [0.2, 0.25) is 0 Å². The summed E-state index contributed by atoms with van der Waals surface area (Å²) in [6, 6.07) is 8.11. The third kappa shape index (κ3) is 2.12. The third-order valence-electron chi connectivity index (χ3n) is 3.62. The molecule has 1 aromatic carbocycles. The first kappa shape index (κ1) is 13.2. The van der Waals surface area contributed by atoms with Crippen LogP contribution in [0, 0.1) is 0 Å². The number of nitrogens with two attached hydrogens (primary N) is 1. The van der Waals surface area contributed by atoms with Crippen LogP contribution in [-0.2, 0) is 20.0 Å². The minimum Gasteiger partial charge on any atom is -0.399 e. The fourth-order valence-electron chi connectivity index (χ4n) is 2.49. The summed E-state index contributed by atoms with van der Waals surface area (Å²) >= 11 is 3.67. The molecule has 3 aromatic rings. The van der Waals surface area contributed by atoms with Crippen LogP contribution in [-0.4, -0.2) is 14.3 Å². The highest BCUT2D eigenvalue weighted by Crippen LogP contribution is 2.25. The second kappa shape index (κ2) is 4.98. The number of aryl methyl sites for hydroxylation is 2. The molecule has 2 N–H and O–H groups in total. The normalized spacial score (nSPS) is 11.3.